The van der Waals surface area contributed by atoms with Crippen molar-refractivity contribution in [2.75, 3.05) is 23.8 Å². The summed E-state index contributed by atoms with van der Waals surface area (Å²) in [5, 5.41) is 6.19. The number of hydrogen-bond donors (Lipinski definition) is 2. The van der Waals surface area contributed by atoms with Crippen LogP contribution in [0.5, 0.6) is 0 Å². The van der Waals surface area contributed by atoms with Gasteiger partial charge in [0, 0.05) is 6.20 Å². The Hall–Kier alpha value is -1.62. The molecule has 16 heavy (non-hydrogen) atoms. The molecule has 0 aromatic carbocycles. The highest BCUT2D eigenvalue weighted by molar-refractivity contribution is 5.98. The van der Waals surface area contributed by atoms with Gasteiger partial charge < -0.3 is 15.4 Å². The molecule has 0 radical (unpaired) electrons. The van der Waals surface area contributed by atoms with Crippen LogP contribution in [0.4, 0.5) is 11.5 Å². The standard InChI is InChI=1S/C11H13N3O2/c1-6-2-3-12-10-9(6)14-11(15)7-4-16-5-8(7)13-10/h2-3,7-8H,4-5H2,1H3,(H,12,13)(H,14,15). The van der Waals surface area contributed by atoms with Crippen LogP contribution in [0.2, 0.25) is 0 Å². The van der Waals surface area contributed by atoms with Crippen molar-refractivity contribution >= 4 is 17.4 Å². The number of nitrogens with zero attached hydrogens (tertiary/aromatic N) is 1. The Morgan fingerprint density at radius 2 is 2.38 bits per heavy atom. The molecule has 2 unspecified atom stereocenters. The average molecular weight is 219 g/mol. The molecule has 2 aliphatic heterocycles. The second kappa shape index (κ2) is 3.45. The van der Waals surface area contributed by atoms with Gasteiger partial charge in [-0.05, 0) is 18.6 Å². The van der Waals surface area contributed by atoms with E-state index in [1.807, 2.05) is 13.0 Å². The quantitative estimate of drug-likeness (QED) is 0.676. The normalized spacial score (nSPS) is 27.4. The van der Waals surface area contributed by atoms with Gasteiger partial charge >= 0.3 is 0 Å². The van der Waals surface area contributed by atoms with Crippen LogP contribution in [-0.4, -0.2) is 30.1 Å². The highest BCUT2D eigenvalue weighted by atomic mass is 16.5. The topological polar surface area (TPSA) is 63.2 Å². The molecule has 2 atom stereocenters. The fourth-order valence-electron chi connectivity index (χ4n) is 2.17. The number of carbonyl (C=O) groups is 1. The first kappa shape index (κ1) is 9.59. The van der Waals surface area contributed by atoms with Gasteiger partial charge in [0.25, 0.3) is 0 Å². The van der Waals surface area contributed by atoms with Crippen LogP contribution < -0.4 is 10.6 Å². The van der Waals surface area contributed by atoms with Crippen molar-refractivity contribution in [3.8, 4) is 0 Å². The van der Waals surface area contributed by atoms with Gasteiger partial charge in [-0.3, -0.25) is 4.79 Å². The van der Waals surface area contributed by atoms with E-state index in [1.165, 1.54) is 0 Å². The van der Waals surface area contributed by atoms with E-state index in [0.29, 0.717) is 13.2 Å². The summed E-state index contributed by atoms with van der Waals surface area (Å²) in [6.45, 7) is 3.00. The molecule has 5 nitrogen and oxygen atoms in total. The molecule has 3 rings (SSSR count). The summed E-state index contributed by atoms with van der Waals surface area (Å²) in [5.41, 5.74) is 1.81. The molecule has 1 aromatic heterocycles. The molecule has 0 bridgehead atoms. The maximum absolute atomic E-state index is 12.0. The highest BCUT2D eigenvalue weighted by Crippen LogP contribution is 2.30. The Morgan fingerprint density at radius 3 is 3.25 bits per heavy atom. The number of ether oxygens (including phenoxy) is 1. The highest BCUT2D eigenvalue weighted by Gasteiger charge is 2.37. The zero-order valence-electron chi connectivity index (χ0n) is 8.99. The Labute approximate surface area is 93.2 Å². The van der Waals surface area contributed by atoms with Crippen molar-refractivity contribution in [3.63, 3.8) is 0 Å². The lowest BCUT2D eigenvalue weighted by Crippen LogP contribution is -2.33. The van der Waals surface area contributed by atoms with Gasteiger partial charge in [-0.1, -0.05) is 0 Å². The zero-order valence-corrected chi connectivity index (χ0v) is 8.99. The van der Waals surface area contributed by atoms with Gasteiger partial charge in [0.15, 0.2) is 0 Å². The number of aromatic nitrogens is 1. The van der Waals surface area contributed by atoms with Crippen molar-refractivity contribution in [2.24, 2.45) is 5.92 Å². The molecule has 1 fully saturated rings. The first-order chi connectivity index (χ1) is 7.75. The van der Waals surface area contributed by atoms with E-state index in [1.54, 1.807) is 6.20 Å². The predicted molar refractivity (Wildman–Crippen MR) is 59.3 cm³/mol. The Morgan fingerprint density at radius 1 is 1.50 bits per heavy atom. The van der Waals surface area contributed by atoms with Crippen molar-refractivity contribution in [1.82, 2.24) is 4.98 Å². The molecule has 2 aliphatic rings. The Bertz CT molecular complexity index is 447. The van der Waals surface area contributed by atoms with E-state index < -0.39 is 0 Å². The SMILES string of the molecule is Cc1ccnc2c1NC(=O)C1COCC1N2. The number of anilines is 2. The second-order valence-electron chi connectivity index (χ2n) is 4.24. The summed E-state index contributed by atoms with van der Waals surface area (Å²) in [4.78, 5) is 16.2. The van der Waals surface area contributed by atoms with E-state index in [9.17, 15) is 4.79 Å². The Balaban J connectivity index is 2.05. The summed E-state index contributed by atoms with van der Waals surface area (Å²) >= 11 is 0. The minimum atomic E-state index is -0.117. The molecule has 5 heteroatoms. The number of amides is 1. The van der Waals surface area contributed by atoms with E-state index in [-0.39, 0.29) is 17.9 Å². The number of pyridine rings is 1. The molecule has 0 spiro atoms. The van der Waals surface area contributed by atoms with Gasteiger partial charge in [0.2, 0.25) is 5.91 Å². The third-order valence-electron chi connectivity index (χ3n) is 3.15. The van der Waals surface area contributed by atoms with Crippen molar-refractivity contribution < 1.29 is 9.53 Å². The van der Waals surface area contributed by atoms with Crippen LogP contribution in [0, 0.1) is 12.8 Å². The summed E-state index contributed by atoms with van der Waals surface area (Å²) in [7, 11) is 0. The lowest BCUT2D eigenvalue weighted by atomic mass is 10.0. The van der Waals surface area contributed by atoms with Gasteiger partial charge in [-0.2, -0.15) is 0 Å². The summed E-state index contributed by atoms with van der Waals surface area (Å²) in [6.07, 6.45) is 1.74. The first-order valence-electron chi connectivity index (χ1n) is 5.36. The first-order valence-corrected chi connectivity index (χ1v) is 5.36. The fourth-order valence-corrected chi connectivity index (χ4v) is 2.17. The number of aryl methyl sites for hydroxylation is 1. The number of rotatable bonds is 0. The van der Waals surface area contributed by atoms with Crippen molar-refractivity contribution in [2.45, 2.75) is 13.0 Å². The average Bonchev–Trinajstić information content (AvgIpc) is 2.66. The van der Waals surface area contributed by atoms with Gasteiger partial charge in [0.05, 0.1) is 30.9 Å². The minimum Gasteiger partial charge on any atom is -0.378 e. The maximum atomic E-state index is 12.0. The lowest BCUT2D eigenvalue weighted by molar-refractivity contribution is -0.119. The molecule has 3 heterocycles. The zero-order chi connectivity index (χ0) is 11.1. The number of nitrogens with one attached hydrogen (secondary N) is 2. The molecular weight excluding hydrogens is 206 g/mol. The van der Waals surface area contributed by atoms with Crippen LogP contribution >= 0.6 is 0 Å². The van der Waals surface area contributed by atoms with E-state index in [4.69, 9.17) is 4.74 Å². The van der Waals surface area contributed by atoms with E-state index in [2.05, 4.69) is 15.6 Å². The number of fused-ring (bicyclic) bond motifs is 2. The smallest absolute Gasteiger partial charge is 0.232 e. The van der Waals surface area contributed by atoms with E-state index in [0.717, 1.165) is 17.1 Å². The van der Waals surface area contributed by atoms with Crippen LogP contribution in [0.1, 0.15) is 5.56 Å². The maximum Gasteiger partial charge on any atom is 0.232 e. The molecule has 2 N–H and O–H groups in total. The molecular formula is C11H13N3O2. The Kier molecular flexibility index (Phi) is 2.07. The number of hydrogen-bond acceptors (Lipinski definition) is 4. The van der Waals surface area contributed by atoms with Crippen LogP contribution in [0.3, 0.4) is 0 Å². The number of carbonyl (C=O) groups excluding carboxylic acids is 1. The monoisotopic (exact) mass is 219 g/mol. The van der Waals surface area contributed by atoms with Gasteiger partial charge in [-0.15, -0.1) is 0 Å². The van der Waals surface area contributed by atoms with E-state index >= 15 is 0 Å². The van der Waals surface area contributed by atoms with Crippen LogP contribution in [0.15, 0.2) is 12.3 Å². The molecule has 1 saturated heterocycles. The fraction of sp³-hybridized carbons (Fsp3) is 0.455. The molecule has 1 amide bonds. The summed E-state index contributed by atoms with van der Waals surface area (Å²) in [5.74, 6) is 0.643. The third-order valence-corrected chi connectivity index (χ3v) is 3.15. The largest absolute Gasteiger partial charge is 0.378 e. The van der Waals surface area contributed by atoms with Crippen LogP contribution in [0.25, 0.3) is 0 Å². The predicted octanol–water partition coefficient (Wildman–Crippen LogP) is 0.769. The molecule has 1 aromatic rings. The van der Waals surface area contributed by atoms with Gasteiger partial charge in [-0.25, -0.2) is 4.98 Å². The van der Waals surface area contributed by atoms with Crippen molar-refractivity contribution in [1.29, 1.82) is 0 Å². The van der Waals surface area contributed by atoms with Crippen molar-refractivity contribution in [3.05, 3.63) is 17.8 Å². The minimum absolute atomic E-state index is 0.0184. The molecule has 0 aliphatic carbocycles. The van der Waals surface area contributed by atoms with Crippen LogP contribution in [-0.2, 0) is 9.53 Å². The summed E-state index contributed by atoms with van der Waals surface area (Å²) < 4.78 is 5.31. The molecule has 0 saturated carbocycles. The molecule has 84 valence electrons. The van der Waals surface area contributed by atoms with Gasteiger partial charge in [0.1, 0.15) is 5.82 Å². The lowest BCUT2D eigenvalue weighted by Gasteiger charge is -2.13. The second-order valence-corrected chi connectivity index (χ2v) is 4.24. The summed E-state index contributed by atoms with van der Waals surface area (Å²) in [6, 6.07) is 1.92. The third kappa shape index (κ3) is 1.36.